The molecule has 0 bridgehead atoms. The molecule has 1 aromatic rings. The van der Waals surface area contributed by atoms with E-state index in [4.69, 9.17) is 10.5 Å². The molecular weight excluding hydrogens is 236 g/mol. The van der Waals surface area contributed by atoms with Gasteiger partial charge in [0.1, 0.15) is 5.75 Å². The lowest BCUT2D eigenvalue weighted by Crippen LogP contribution is -2.29. The molecule has 3 heteroatoms. The summed E-state index contributed by atoms with van der Waals surface area (Å²) in [6.45, 7) is 9.93. The van der Waals surface area contributed by atoms with Crippen LogP contribution in [0.4, 0.5) is 0 Å². The molecule has 2 N–H and O–H groups in total. The average molecular weight is 264 g/mol. The van der Waals surface area contributed by atoms with Crippen LogP contribution < -0.4 is 10.5 Å². The topological polar surface area (TPSA) is 38.5 Å². The minimum Gasteiger partial charge on any atom is -0.494 e. The van der Waals surface area contributed by atoms with E-state index in [2.05, 4.69) is 37.9 Å². The number of ether oxygens (including phenoxy) is 1. The monoisotopic (exact) mass is 264 g/mol. The van der Waals surface area contributed by atoms with Crippen molar-refractivity contribution in [1.29, 1.82) is 0 Å². The van der Waals surface area contributed by atoms with Crippen molar-refractivity contribution in [3.8, 4) is 5.75 Å². The molecule has 0 aliphatic rings. The van der Waals surface area contributed by atoms with Crippen molar-refractivity contribution in [3.63, 3.8) is 0 Å². The van der Waals surface area contributed by atoms with Gasteiger partial charge in [0.15, 0.2) is 0 Å². The first kappa shape index (κ1) is 16.0. The van der Waals surface area contributed by atoms with Crippen molar-refractivity contribution in [2.45, 2.75) is 33.7 Å². The molecule has 0 amide bonds. The summed E-state index contributed by atoms with van der Waals surface area (Å²) in [7, 11) is 2.16. The average Bonchev–Trinajstić information content (AvgIpc) is 2.39. The predicted molar refractivity (Wildman–Crippen MR) is 81.4 cm³/mol. The zero-order chi connectivity index (χ0) is 14.3. The highest BCUT2D eigenvalue weighted by molar-refractivity contribution is 5.27. The molecular formula is C16H28N2O. The van der Waals surface area contributed by atoms with E-state index in [-0.39, 0.29) is 5.41 Å². The number of benzene rings is 1. The number of rotatable bonds is 8. The van der Waals surface area contributed by atoms with Gasteiger partial charge in [-0.25, -0.2) is 0 Å². The van der Waals surface area contributed by atoms with Crippen LogP contribution in [-0.2, 0) is 6.54 Å². The van der Waals surface area contributed by atoms with Crippen LogP contribution in [0, 0.1) is 5.41 Å². The van der Waals surface area contributed by atoms with Crippen LogP contribution >= 0.6 is 0 Å². The summed E-state index contributed by atoms with van der Waals surface area (Å²) in [6, 6.07) is 8.35. The first-order valence-electron chi connectivity index (χ1n) is 7.07. The number of nitrogens with two attached hydrogens (primary N) is 1. The number of nitrogens with zero attached hydrogens (tertiary/aromatic N) is 1. The van der Waals surface area contributed by atoms with Crippen LogP contribution in [0.2, 0.25) is 0 Å². The molecule has 0 unspecified atom stereocenters. The first-order chi connectivity index (χ1) is 8.96. The van der Waals surface area contributed by atoms with Gasteiger partial charge in [0, 0.05) is 6.54 Å². The molecule has 0 aromatic heterocycles. The van der Waals surface area contributed by atoms with Crippen molar-refractivity contribution in [2.24, 2.45) is 11.1 Å². The maximum atomic E-state index is 5.76. The maximum Gasteiger partial charge on any atom is 0.119 e. The van der Waals surface area contributed by atoms with Crippen LogP contribution in [0.1, 0.15) is 32.8 Å². The van der Waals surface area contributed by atoms with Crippen molar-refractivity contribution < 1.29 is 4.74 Å². The molecule has 0 aliphatic heterocycles. The zero-order valence-corrected chi connectivity index (χ0v) is 12.8. The van der Waals surface area contributed by atoms with Gasteiger partial charge in [0.2, 0.25) is 0 Å². The van der Waals surface area contributed by atoms with Gasteiger partial charge in [0.05, 0.1) is 6.61 Å². The smallest absolute Gasteiger partial charge is 0.119 e. The summed E-state index contributed by atoms with van der Waals surface area (Å²) in [5.74, 6) is 0.943. The summed E-state index contributed by atoms with van der Waals surface area (Å²) in [5.41, 5.74) is 7.30. The second-order valence-electron chi connectivity index (χ2n) is 5.93. The van der Waals surface area contributed by atoms with Crippen molar-refractivity contribution in [3.05, 3.63) is 29.8 Å². The highest BCUT2D eigenvalue weighted by Crippen LogP contribution is 2.19. The highest BCUT2D eigenvalue weighted by atomic mass is 16.5. The second-order valence-corrected chi connectivity index (χ2v) is 5.93. The standard InChI is InChI=1S/C16H28N2O/c1-5-19-15-8-6-14(7-9-15)12-18(4)11-10-16(2,3)13-17/h6-9H,5,10-13,17H2,1-4H3. The fourth-order valence-corrected chi connectivity index (χ4v) is 1.84. The molecule has 0 heterocycles. The molecule has 3 nitrogen and oxygen atoms in total. The van der Waals surface area contributed by atoms with Gasteiger partial charge >= 0.3 is 0 Å². The van der Waals surface area contributed by atoms with Gasteiger partial charge in [-0.3, -0.25) is 0 Å². The zero-order valence-electron chi connectivity index (χ0n) is 12.8. The van der Waals surface area contributed by atoms with Crippen LogP contribution in [0.25, 0.3) is 0 Å². The van der Waals surface area contributed by atoms with Crippen molar-refractivity contribution in [2.75, 3.05) is 26.7 Å². The van der Waals surface area contributed by atoms with Crippen LogP contribution in [0.3, 0.4) is 0 Å². The van der Waals surface area contributed by atoms with Gasteiger partial charge in [-0.1, -0.05) is 26.0 Å². The van der Waals surface area contributed by atoms with Gasteiger partial charge in [-0.05, 0) is 56.6 Å². The Morgan fingerprint density at radius 2 is 1.84 bits per heavy atom. The minimum atomic E-state index is 0.229. The Hall–Kier alpha value is -1.06. The van der Waals surface area contributed by atoms with Gasteiger partial charge < -0.3 is 15.4 Å². The lowest BCUT2D eigenvalue weighted by molar-refractivity contribution is 0.249. The predicted octanol–water partition coefficient (Wildman–Crippen LogP) is 2.89. The molecule has 0 saturated heterocycles. The molecule has 108 valence electrons. The third kappa shape index (κ3) is 6.08. The van der Waals surface area contributed by atoms with Gasteiger partial charge in [-0.2, -0.15) is 0 Å². The fraction of sp³-hybridized carbons (Fsp3) is 0.625. The quantitative estimate of drug-likeness (QED) is 0.784. The maximum absolute atomic E-state index is 5.76. The Labute approximate surface area is 117 Å². The van der Waals surface area contributed by atoms with E-state index >= 15 is 0 Å². The van der Waals surface area contributed by atoms with E-state index in [0.29, 0.717) is 6.61 Å². The van der Waals surface area contributed by atoms with Gasteiger partial charge in [-0.15, -0.1) is 0 Å². The molecule has 1 rings (SSSR count). The summed E-state index contributed by atoms with van der Waals surface area (Å²) >= 11 is 0. The Balaban J connectivity index is 2.41. The van der Waals surface area contributed by atoms with Crippen LogP contribution in [0.5, 0.6) is 5.75 Å². The first-order valence-corrected chi connectivity index (χ1v) is 7.07. The normalized spacial score (nSPS) is 11.9. The fourth-order valence-electron chi connectivity index (χ4n) is 1.84. The summed E-state index contributed by atoms with van der Waals surface area (Å²) in [4.78, 5) is 2.34. The van der Waals surface area contributed by atoms with E-state index in [1.54, 1.807) is 0 Å². The highest BCUT2D eigenvalue weighted by Gasteiger charge is 2.15. The molecule has 1 aromatic carbocycles. The second kappa shape index (κ2) is 7.51. The van der Waals surface area contributed by atoms with E-state index in [1.165, 1.54) is 5.56 Å². The lowest BCUT2D eigenvalue weighted by Gasteiger charge is -2.26. The third-order valence-corrected chi connectivity index (χ3v) is 3.41. The molecule has 0 atom stereocenters. The molecule has 0 spiro atoms. The van der Waals surface area contributed by atoms with Gasteiger partial charge in [0.25, 0.3) is 0 Å². The minimum absolute atomic E-state index is 0.229. The van der Waals surface area contributed by atoms with E-state index < -0.39 is 0 Å². The largest absolute Gasteiger partial charge is 0.494 e. The number of hydrogen-bond donors (Lipinski definition) is 1. The van der Waals surface area contributed by atoms with Crippen molar-refractivity contribution >= 4 is 0 Å². The Bertz CT molecular complexity index is 360. The van der Waals surface area contributed by atoms with Crippen LogP contribution in [-0.4, -0.2) is 31.6 Å². The molecule has 0 aliphatic carbocycles. The Morgan fingerprint density at radius 3 is 2.37 bits per heavy atom. The molecule has 0 saturated carbocycles. The third-order valence-electron chi connectivity index (χ3n) is 3.41. The molecule has 0 fully saturated rings. The Morgan fingerprint density at radius 1 is 1.21 bits per heavy atom. The molecule has 0 radical (unpaired) electrons. The van der Waals surface area contributed by atoms with E-state index in [9.17, 15) is 0 Å². The number of hydrogen-bond acceptors (Lipinski definition) is 3. The van der Waals surface area contributed by atoms with E-state index in [0.717, 1.165) is 31.8 Å². The molecule has 19 heavy (non-hydrogen) atoms. The van der Waals surface area contributed by atoms with Crippen molar-refractivity contribution in [1.82, 2.24) is 4.90 Å². The van der Waals surface area contributed by atoms with E-state index in [1.807, 2.05) is 19.1 Å². The summed E-state index contributed by atoms with van der Waals surface area (Å²) in [5, 5.41) is 0. The van der Waals surface area contributed by atoms with Crippen LogP contribution in [0.15, 0.2) is 24.3 Å². The summed E-state index contributed by atoms with van der Waals surface area (Å²) < 4.78 is 5.45. The lowest BCUT2D eigenvalue weighted by atomic mass is 9.89. The SMILES string of the molecule is CCOc1ccc(CN(C)CCC(C)(C)CN)cc1. The Kier molecular flexibility index (Phi) is 6.32. The summed E-state index contributed by atoms with van der Waals surface area (Å²) in [6.07, 6.45) is 1.12.